The molecule has 3 rings (SSSR count). The van der Waals surface area contributed by atoms with E-state index < -0.39 is 0 Å². The average Bonchev–Trinajstić information content (AvgIpc) is 3.25. The van der Waals surface area contributed by atoms with Crippen LogP contribution in [0.25, 0.3) is 0 Å². The Bertz CT molecular complexity index is 754. The van der Waals surface area contributed by atoms with Gasteiger partial charge >= 0.3 is 0 Å². The number of ether oxygens (including phenoxy) is 2. The van der Waals surface area contributed by atoms with Crippen molar-refractivity contribution in [2.75, 3.05) is 18.5 Å². The number of nitrogens with one attached hydrogen (secondary N) is 2. The van der Waals surface area contributed by atoms with Crippen molar-refractivity contribution in [2.45, 2.75) is 39.2 Å². The van der Waals surface area contributed by atoms with Gasteiger partial charge in [0.25, 0.3) is 5.91 Å². The molecular formula is C19H24ClN3O3. The zero-order valence-corrected chi connectivity index (χ0v) is 15.8. The topological polar surface area (TPSA) is 76.2 Å². The molecule has 0 saturated carbocycles. The number of H-pyrrole nitrogens is 1. The molecule has 2 heterocycles. The van der Waals surface area contributed by atoms with Crippen LogP contribution < -0.4 is 10.1 Å². The first-order chi connectivity index (χ1) is 12.5. The molecule has 7 heteroatoms. The lowest BCUT2D eigenvalue weighted by Gasteiger charge is -2.15. The summed E-state index contributed by atoms with van der Waals surface area (Å²) in [5.74, 6) is 0.744. The van der Waals surface area contributed by atoms with Crippen LogP contribution in [-0.4, -0.2) is 35.4 Å². The Morgan fingerprint density at radius 2 is 2.31 bits per heavy atom. The molecule has 1 atom stereocenters. The third-order valence-corrected chi connectivity index (χ3v) is 4.37. The largest absolute Gasteiger partial charge is 0.489 e. The van der Waals surface area contributed by atoms with E-state index in [1.807, 2.05) is 0 Å². The van der Waals surface area contributed by atoms with Crippen LogP contribution in [0, 0.1) is 5.92 Å². The summed E-state index contributed by atoms with van der Waals surface area (Å²) in [7, 11) is 0. The fraction of sp³-hybridized carbons (Fsp3) is 0.474. The summed E-state index contributed by atoms with van der Waals surface area (Å²) in [6.45, 7) is 5.45. The summed E-state index contributed by atoms with van der Waals surface area (Å²) in [4.78, 5) is 12.5. The van der Waals surface area contributed by atoms with E-state index >= 15 is 0 Å². The van der Waals surface area contributed by atoms with Gasteiger partial charge in [-0.25, -0.2) is 0 Å². The monoisotopic (exact) mass is 377 g/mol. The zero-order chi connectivity index (χ0) is 18.5. The van der Waals surface area contributed by atoms with E-state index in [-0.39, 0.29) is 12.0 Å². The van der Waals surface area contributed by atoms with E-state index in [0.717, 1.165) is 31.6 Å². The lowest BCUT2D eigenvalue weighted by molar-refractivity contribution is 0.0682. The lowest BCUT2D eigenvalue weighted by atomic mass is 10.1. The number of hydrogen-bond donors (Lipinski definition) is 2. The molecule has 140 valence electrons. The zero-order valence-electron chi connectivity index (χ0n) is 15.0. The van der Waals surface area contributed by atoms with Crippen LogP contribution in [0.1, 0.15) is 42.9 Å². The first-order valence-electron chi connectivity index (χ1n) is 8.91. The number of halogens is 1. The molecule has 0 aliphatic carbocycles. The van der Waals surface area contributed by atoms with E-state index in [0.29, 0.717) is 34.7 Å². The molecule has 1 aromatic carbocycles. The minimum absolute atomic E-state index is 0.0964. The Kier molecular flexibility index (Phi) is 6.16. The molecule has 2 N–H and O–H groups in total. The normalized spacial score (nSPS) is 16.8. The molecule has 1 saturated heterocycles. The van der Waals surface area contributed by atoms with Gasteiger partial charge in [-0.05, 0) is 49.4 Å². The minimum atomic E-state index is -0.305. The highest BCUT2D eigenvalue weighted by Gasteiger charge is 2.18. The molecule has 2 aromatic rings. The maximum Gasteiger partial charge on any atom is 0.276 e. The maximum absolute atomic E-state index is 12.5. The van der Waals surface area contributed by atoms with Crippen molar-refractivity contribution in [2.24, 2.45) is 5.92 Å². The lowest BCUT2D eigenvalue weighted by Crippen LogP contribution is -2.18. The predicted octanol–water partition coefficient (Wildman–Crippen LogP) is 4.07. The molecule has 0 bridgehead atoms. The van der Waals surface area contributed by atoms with Gasteiger partial charge in [-0.1, -0.05) is 25.4 Å². The van der Waals surface area contributed by atoms with Crippen LogP contribution in [0.5, 0.6) is 5.75 Å². The number of aromatic nitrogens is 2. The van der Waals surface area contributed by atoms with E-state index in [2.05, 4.69) is 29.4 Å². The number of carbonyl (C=O) groups excluding carboxylic acids is 1. The number of anilines is 1. The van der Waals surface area contributed by atoms with E-state index in [4.69, 9.17) is 21.1 Å². The van der Waals surface area contributed by atoms with Crippen LogP contribution in [0.4, 0.5) is 5.69 Å². The van der Waals surface area contributed by atoms with Crippen molar-refractivity contribution in [3.63, 3.8) is 0 Å². The highest BCUT2D eigenvalue weighted by molar-refractivity contribution is 6.31. The fourth-order valence-corrected chi connectivity index (χ4v) is 3.07. The number of benzene rings is 1. The van der Waals surface area contributed by atoms with Crippen LogP contribution in [0.15, 0.2) is 24.3 Å². The summed E-state index contributed by atoms with van der Waals surface area (Å²) in [5, 5.41) is 10.4. The van der Waals surface area contributed by atoms with E-state index in [1.54, 1.807) is 24.3 Å². The number of amides is 1. The first-order valence-corrected chi connectivity index (χ1v) is 9.28. The molecular weight excluding hydrogens is 354 g/mol. The Hall–Kier alpha value is -2.05. The quantitative estimate of drug-likeness (QED) is 0.762. The Morgan fingerprint density at radius 3 is 3.04 bits per heavy atom. The van der Waals surface area contributed by atoms with Crippen molar-refractivity contribution in [3.8, 4) is 5.75 Å². The van der Waals surface area contributed by atoms with Gasteiger partial charge in [0.05, 0.1) is 11.8 Å². The third kappa shape index (κ3) is 4.99. The fourth-order valence-electron chi connectivity index (χ4n) is 2.89. The van der Waals surface area contributed by atoms with Crippen LogP contribution >= 0.6 is 11.6 Å². The van der Waals surface area contributed by atoms with E-state index in [1.165, 1.54) is 0 Å². The Morgan fingerprint density at radius 1 is 1.46 bits per heavy atom. The highest BCUT2D eigenvalue weighted by Crippen LogP contribution is 2.29. The standard InChI is InChI=1S/C19H24ClN3O3/c1-12(2)8-14-10-17(23-22-14)19(24)21-16-9-13(20)5-6-18(16)26-11-15-4-3-7-25-15/h5-6,9-10,12,15H,3-4,7-8,11H2,1-2H3,(H,21,24)(H,22,23). The number of rotatable bonds is 7. The molecule has 26 heavy (non-hydrogen) atoms. The predicted molar refractivity (Wildman–Crippen MR) is 101 cm³/mol. The van der Waals surface area contributed by atoms with Crippen molar-refractivity contribution >= 4 is 23.2 Å². The molecule has 0 radical (unpaired) electrons. The second kappa shape index (κ2) is 8.56. The molecule has 1 amide bonds. The number of hydrogen-bond acceptors (Lipinski definition) is 4. The molecule has 1 fully saturated rings. The average molecular weight is 378 g/mol. The Labute approximate surface area is 158 Å². The molecule has 1 unspecified atom stereocenters. The third-order valence-electron chi connectivity index (χ3n) is 4.13. The number of carbonyl (C=O) groups is 1. The van der Waals surface area contributed by atoms with Crippen LogP contribution in [0.2, 0.25) is 5.02 Å². The van der Waals surface area contributed by atoms with Gasteiger partial charge in [0.2, 0.25) is 0 Å². The second-order valence-electron chi connectivity index (χ2n) is 6.92. The van der Waals surface area contributed by atoms with Crippen LogP contribution in [-0.2, 0) is 11.2 Å². The Balaban J connectivity index is 1.68. The first kappa shape index (κ1) is 18.7. The van der Waals surface area contributed by atoms with Crippen molar-refractivity contribution in [1.82, 2.24) is 10.2 Å². The van der Waals surface area contributed by atoms with E-state index in [9.17, 15) is 4.79 Å². The number of aromatic amines is 1. The van der Waals surface area contributed by atoms with Crippen LogP contribution in [0.3, 0.4) is 0 Å². The second-order valence-corrected chi connectivity index (χ2v) is 7.35. The molecule has 1 aliphatic heterocycles. The maximum atomic E-state index is 12.5. The smallest absolute Gasteiger partial charge is 0.276 e. The highest BCUT2D eigenvalue weighted by atomic mass is 35.5. The van der Waals surface area contributed by atoms with Gasteiger partial charge in [-0.2, -0.15) is 5.10 Å². The molecule has 0 spiro atoms. The summed E-state index contributed by atoms with van der Waals surface area (Å²) in [5.41, 5.74) is 1.80. The van der Waals surface area contributed by atoms with Crippen molar-refractivity contribution in [1.29, 1.82) is 0 Å². The summed E-state index contributed by atoms with van der Waals surface area (Å²) < 4.78 is 11.4. The van der Waals surface area contributed by atoms with Gasteiger partial charge in [0.1, 0.15) is 12.4 Å². The SMILES string of the molecule is CC(C)Cc1cc(C(=O)Nc2cc(Cl)ccc2OCC2CCCO2)n[nH]1. The van der Waals surface area contributed by atoms with Gasteiger partial charge in [0.15, 0.2) is 5.69 Å². The minimum Gasteiger partial charge on any atom is -0.489 e. The van der Waals surface area contributed by atoms with Crippen molar-refractivity contribution in [3.05, 3.63) is 40.7 Å². The number of nitrogens with zero attached hydrogens (tertiary/aromatic N) is 1. The molecule has 6 nitrogen and oxygen atoms in total. The molecule has 1 aromatic heterocycles. The van der Waals surface area contributed by atoms with Gasteiger partial charge in [-0.3, -0.25) is 9.89 Å². The molecule has 1 aliphatic rings. The van der Waals surface area contributed by atoms with Gasteiger partial charge in [0, 0.05) is 17.3 Å². The van der Waals surface area contributed by atoms with Crippen molar-refractivity contribution < 1.29 is 14.3 Å². The van der Waals surface area contributed by atoms with Gasteiger partial charge < -0.3 is 14.8 Å². The van der Waals surface area contributed by atoms with Gasteiger partial charge in [-0.15, -0.1) is 0 Å². The summed E-state index contributed by atoms with van der Waals surface area (Å²) in [6, 6.07) is 6.93. The summed E-state index contributed by atoms with van der Waals surface area (Å²) >= 11 is 6.08. The summed E-state index contributed by atoms with van der Waals surface area (Å²) in [6.07, 6.45) is 2.98.